The fraction of sp³-hybridized carbons (Fsp3) is 0.857. The molecule has 0 aromatic heterocycles. The zero-order valence-corrected chi connectivity index (χ0v) is 11.7. The van der Waals surface area contributed by atoms with Crippen molar-refractivity contribution in [1.29, 1.82) is 0 Å². The highest BCUT2D eigenvalue weighted by Crippen LogP contribution is 2.06. The number of hydrogen-bond donors (Lipinski definition) is 1. The van der Waals surface area contributed by atoms with Crippen molar-refractivity contribution in [3.63, 3.8) is 0 Å². The molecule has 0 aliphatic heterocycles. The van der Waals surface area contributed by atoms with Crippen LogP contribution in [0.4, 0.5) is 0 Å². The first-order valence-electron chi connectivity index (χ1n) is 6.73. The highest BCUT2D eigenvalue weighted by Gasteiger charge is 2.09. The monoisotopic (exact) mass is 226 g/mol. The lowest BCUT2D eigenvalue weighted by Gasteiger charge is -2.27. The number of nitrogens with zero attached hydrogens (tertiary/aromatic N) is 1. The molecule has 0 aliphatic rings. The third-order valence-electron chi connectivity index (χ3n) is 2.83. The van der Waals surface area contributed by atoms with Crippen LogP contribution in [-0.2, 0) is 0 Å². The third kappa shape index (κ3) is 7.89. The fourth-order valence-electron chi connectivity index (χ4n) is 1.73. The second-order valence-corrected chi connectivity index (χ2v) is 4.80. The van der Waals surface area contributed by atoms with Crippen LogP contribution in [0.25, 0.3) is 0 Å². The van der Waals surface area contributed by atoms with E-state index in [2.05, 4.69) is 44.5 Å². The SMILES string of the molecule is C=C(CNCC)CN(CCCCC)C(C)C. The number of nitrogens with one attached hydrogen (secondary N) is 1. The van der Waals surface area contributed by atoms with Crippen molar-refractivity contribution in [2.45, 2.75) is 53.0 Å². The Morgan fingerprint density at radius 3 is 2.44 bits per heavy atom. The minimum absolute atomic E-state index is 0.621. The number of hydrogen-bond acceptors (Lipinski definition) is 2. The largest absolute Gasteiger partial charge is 0.313 e. The van der Waals surface area contributed by atoms with Crippen LogP contribution >= 0.6 is 0 Å². The van der Waals surface area contributed by atoms with Crippen molar-refractivity contribution in [3.8, 4) is 0 Å². The van der Waals surface area contributed by atoms with E-state index in [0.717, 1.165) is 19.6 Å². The molecule has 0 heterocycles. The Labute approximate surface area is 102 Å². The van der Waals surface area contributed by atoms with Gasteiger partial charge in [0.2, 0.25) is 0 Å². The molecule has 1 N–H and O–H groups in total. The minimum atomic E-state index is 0.621. The summed E-state index contributed by atoms with van der Waals surface area (Å²) in [6.07, 6.45) is 3.94. The molecule has 2 nitrogen and oxygen atoms in total. The van der Waals surface area contributed by atoms with Crippen LogP contribution in [0, 0.1) is 0 Å². The molecule has 0 unspecified atom stereocenters. The third-order valence-corrected chi connectivity index (χ3v) is 2.83. The lowest BCUT2D eigenvalue weighted by Crippen LogP contribution is -2.35. The van der Waals surface area contributed by atoms with Crippen LogP contribution in [-0.4, -0.2) is 37.1 Å². The van der Waals surface area contributed by atoms with Crippen LogP contribution in [0.1, 0.15) is 47.0 Å². The maximum atomic E-state index is 4.14. The van der Waals surface area contributed by atoms with Gasteiger partial charge in [-0.25, -0.2) is 0 Å². The Kier molecular flexibility index (Phi) is 9.65. The van der Waals surface area contributed by atoms with Gasteiger partial charge in [0, 0.05) is 19.1 Å². The quantitative estimate of drug-likeness (QED) is 0.455. The van der Waals surface area contributed by atoms with Gasteiger partial charge in [-0.3, -0.25) is 4.90 Å². The molecule has 96 valence electrons. The summed E-state index contributed by atoms with van der Waals surface area (Å²) in [7, 11) is 0. The minimum Gasteiger partial charge on any atom is -0.313 e. The summed E-state index contributed by atoms with van der Waals surface area (Å²) in [4.78, 5) is 2.52. The first kappa shape index (κ1) is 15.7. The van der Waals surface area contributed by atoms with Gasteiger partial charge in [-0.15, -0.1) is 0 Å². The summed E-state index contributed by atoms with van der Waals surface area (Å²) in [5.74, 6) is 0. The zero-order chi connectivity index (χ0) is 12.4. The molecular weight excluding hydrogens is 196 g/mol. The van der Waals surface area contributed by atoms with Gasteiger partial charge in [-0.2, -0.15) is 0 Å². The Hall–Kier alpha value is -0.340. The molecule has 0 amide bonds. The van der Waals surface area contributed by atoms with Crippen LogP contribution in [0.3, 0.4) is 0 Å². The molecule has 0 fully saturated rings. The van der Waals surface area contributed by atoms with Crippen LogP contribution in [0.15, 0.2) is 12.2 Å². The van der Waals surface area contributed by atoms with Gasteiger partial charge in [0.15, 0.2) is 0 Å². The lowest BCUT2D eigenvalue weighted by atomic mass is 10.2. The molecule has 0 radical (unpaired) electrons. The number of rotatable bonds is 10. The molecule has 2 heteroatoms. The smallest absolute Gasteiger partial charge is 0.0205 e. The van der Waals surface area contributed by atoms with Crippen LogP contribution in [0.5, 0.6) is 0 Å². The summed E-state index contributed by atoms with van der Waals surface area (Å²) in [5.41, 5.74) is 1.30. The van der Waals surface area contributed by atoms with Gasteiger partial charge in [0.1, 0.15) is 0 Å². The maximum absolute atomic E-state index is 4.14. The predicted molar refractivity (Wildman–Crippen MR) is 73.9 cm³/mol. The van der Waals surface area contributed by atoms with Crippen molar-refractivity contribution in [1.82, 2.24) is 10.2 Å². The average Bonchev–Trinajstić information content (AvgIpc) is 2.25. The molecule has 0 spiro atoms. The zero-order valence-electron chi connectivity index (χ0n) is 11.7. The molecule has 0 atom stereocenters. The fourth-order valence-corrected chi connectivity index (χ4v) is 1.73. The molecule has 0 aliphatic carbocycles. The summed E-state index contributed by atoms with van der Waals surface area (Å²) in [5, 5.41) is 3.33. The highest BCUT2D eigenvalue weighted by molar-refractivity contribution is 5.00. The standard InChI is InChI=1S/C14H30N2/c1-6-8-9-10-16(13(3)4)12-14(5)11-15-7-2/h13,15H,5-12H2,1-4H3. The first-order valence-corrected chi connectivity index (χ1v) is 6.73. The Bertz CT molecular complexity index is 176. The second-order valence-electron chi connectivity index (χ2n) is 4.80. The van der Waals surface area contributed by atoms with E-state index in [9.17, 15) is 0 Å². The summed E-state index contributed by atoms with van der Waals surface area (Å²) >= 11 is 0. The van der Waals surface area contributed by atoms with Crippen LogP contribution in [0.2, 0.25) is 0 Å². The second kappa shape index (κ2) is 9.86. The van der Waals surface area contributed by atoms with E-state index in [4.69, 9.17) is 0 Å². The molecule has 0 aromatic carbocycles. The molecule has 0 rings (SSSR count). The molecular formula is C14H30N2. The normalized spacial score (nSPS) is 11.4. The van der Waals surface area contributed by atoms with Crippen molar-refractivity contribution >= 4 is 0 Å². The van der Waals surface area contributed by atoms with Gasteiger partial charge < -0.3 is 5.32 Å². The van der Waals surface area contributed by atoms with Gasteiger partial charge in [0.05, 0.1) is 0 Å². The molecule has 16 heavy (non-hydrogen) atoms. The Balaban J connectivity index is 3.87. The van der Waals surface area contributed by atoms with E-state index in [1.807, 2.05) is 0 Å². The summed E-state index contributed by atoms with van der Waals surface area (Å²) in [6, 6.07) is 0.621. The van der Waals surface area contributed by atoms with Crippen LogP contribution < -0.4 is 5.32 Å². The van der Waals surface area contributed by atoms with Gasteiger partial charge in [-0.1, -0.05) is 33.3 Å². The predicted octanol–water partition coefficient (Wildman–Crippen LogP) is 3.05. The van der Waals surface area contributed by atoms with E-state index in [1.54, 1.807) is 0 Å². The lowest BCUT2D eigenvalue weighted by molar-refractivity contribution is 0.234. The Morgan fingerprint density at radius 1 is 1.25 bits per heavy atom. The number of unbranched alkanes of at least 4 members (excludes halogenated alkanes) is 2. The summed E-state index contributed by atoms with van der Waals surface area (Å²) < 4.78 is 0. The average molecular weight is 226 g/mol. The summed E-state index contributed by atoms with van der Waals surface area (Å²) in [6.45, 7) is 17.3. The molecule has 0 saturated carbocycles. The number of likely N-dealkylation sites (N-methyl/N-ethyl adjacent to an activating group) is 1. The van der Waals surface area contributed by atoms with E-state index in [-0.39, 0.29) is 0 Å². The van der Waals surface area contributed by atoms with Crippen molar-refractivity contribution < 1.29 is 0 Å². The van der Waals surface area contributed by atoms with Crippen molar-refractivity contribution in [2.24, 2.45) is 0 Å². The van der Waals surface area contributed by atoms with E-state index < -0.39 is 0 Å². The van der Waals surface area contributed by atoms with Gasteiger partial charge in [-0.05, 0) is 38.9 Å². The maximum Gasteiger partial charge on any atom is 0.0205 e. The van der Waals surface area contributed by atoms with Gasteiger partial charge >= 0.3 is 0 Å². The molecule has 0 saturated heterocycles. The Morgan fingerprint density at radius 2 is 1.94 bits per heavy atom. The molecule has 0 bridgehead atoms. The van der Waals surface area contributed by atoms with Crippen molar-refractivity contribution in [3.05, 3.63) is 12.2 Å². The highest BCUT2D eigenvalue weighted by atomic mass is 15.1. The van der Waals surface area contributed by atoms with E-state index in [1.165, 1.54) is 31.4 Å². The first-order chi connectivity index (χ1) is 7.61. The van der Waals surface area contributed by atoms with E-state index >= 15 is 0 Å². The topological polar surface area (TPSA) is 15.3 Å². The van der Waals surface area contributed by atoms with Crippen molar-refractivity contribution in [2.75, 3.05) is 26.2 Å². The van der Waals surface area contributed by atoms with E-state index in [0.29, 0.717) is 6.04 Å². The van der Waals surface area contributed by atoms with Gasteiger partial charge in [0.25, 0.3) is 0 Å². The molecule has 0 aromatic rings.